The van der Waals surface area contributed by atoms with Crippen molar-refractivity contribution in [2.24, 2.45) is 16.7 Å². The number of carboxylic acids is 1. The SMILES string of the molecule is CC(C)(C)C=C1NC[C@@H]2CCC[C@@]12C(=O)O. The summed E-state index contributed by atoms with van der Waals surface area (Å²) >= 11 is 0. The number of nitrogens with one attached hydrogen (secondary N) is 1. The van der Waals surface area contributed by atoms with Gasteiger partial charge in [-0.1, -0.05) is 33.3 Å². The van der Waals surface area contributed by atoms with Gasteiger partial charge in [-0.2, -0.15) is 0 Å². The molecule has 0 radical (unpaired) electrons. The second kappa shape index (κ2) is 3.51. The molecule has 2 N–H and O–H groups in total. The van der Waals surface area contributed by atoms with E-state index in [2.05, 4.69) is 32.2 Å². The maximum absolute atomic E-state index is 11.6. The Morgan fingerprint density at radius 1 is 1.56 bits per heavy atom. The molecule has 2 atom stereocenters. The van der Waals surface area contributed by atoms with E-state index in [1.54, 1.807) is 0 Å². The van der Waals surface area contributed by atoms with E-state index in [0.29, 0.717) is 5.92 Å². The summed E-state index contributed by atoms with van der Waals surface area (Å²) < 4.78 is 0. The molecule has 2 aliphatic rings. The van der Waals surface area contributed by atoms with E-state index >= 15 is 0 Å². The molecule has 0 spiro atoms. The lowest BCUT2D eigenvalue weighted by Gasteiger charge is -2.26. The monoisotopic (exact) mass is 223 g/mol. The summed E-state index contributed by atoms with van der Waals surface area (Å²) in [6.45, 7) is 7.16. The predicted octanol–water partition coefficient (Wildman–Crippen LogP) is 2.39. The van der Waals surface area contributed by atoms with Crippen LogP contribution < -0.4 is 5.32 Å². The average Bonchev–Trinajstić information content (AvgIpc) is 2.64. The number of hydrogen-bond acceptors (Lipinski definition) is 2. The van der Waals surface area contributed by atoms with Crippen LogP contribution in [0.5, 0.6) is 0 Å². The van der Waals surface area contributed by atoms with Crippen LogP contribution in [0.4, 0.5) is 0 Å². The van der Waals surface area contributed by atoms with Crippen molar-refractivity contribution in [3.05, 3.63) is 11.8 Å². The molecule has 1 aliphatic carbocycles. The Morgan fingerprint density at radius 2 is 2.25 bits per heavy atom. The Labute approximate surface area is 96.9 Å². The third-order valence-electron chi connectivity index (χ3n) is 3.80. The van der Waals surface area contributed by atoms with Gasteiger partial charge < -0.3 is 10.4 Å². The van der Waals surface area contributed by atoms with Gasteiger partial charge in [0, 0.05) is 12.2 Å². The first kappa shape index (κ1) is 11.5. The minimum Gasteiger partial charge on any atom is -0.481 e. The minimum absolute atomic E-state index is 0.0300. The minimum atomic E-state index is -0.643. The Balaban J connectivity index is 2.41. The number of hydrogen-bond donors (Lipinski definition) is 2. The molecule has 2 rings (SSSR count). The van der Waals surface area contributed by atoms with Gasteiger partial charge in [-0.3, -0.25) is 4.79 Å². The van der Waals surface area contributed by atoms with Crippen molar-refractivity contribution in [3.8, 4) is 0 Å². The molecule has 0 unspecified atom stereocenters. The van der Waals surface area contributed by atoms with E-state index in [4.69, 9.17) is 0 Å². The molecule has 1 saturated heterocycles. The van der Waals surface area contributed by atoms with Gasteiger partial charge in [-0.05, 0) is 24.2 Å². The highest BCUT2D eigenvalue weighted by Gasteiger charge is 2.55. The predicted molar refractivity (Wildman–Crippen MR) is 63.0 cm³/mol. The van der Waals surface area contributed by atoms with Gasteiger partial charge in [-0.15, -0.1) is 0 Å². The summed E-state index contributed by atoms with van der Waals surface area (Å²) in [6.07, 6.45) is 4.98. The van der Waals surface area contributed by atoms with Crippen molar-refractivity contribution in [2.75, 3.05) is 6.54 Å². The third kappa shape index (κ3) is 1.62. The van der Waals surface area contributed by atoms with Crippen LogP contribution in [0.1, 0.15) is 40.0 Å². The molecule has 1 heterocycles. The van der Waals surface area contributed by atoms with Crippen LogP contribution in [0.25, 0.3) is 0 Å². The standard InChI is InChI=1S/C13H21NO2/c1-12(2,3)7-10-13(11(15)16)6-4-5-9(13)8-14-10/h7,9,14H,4-6,8H2,1-3H3,(H,15,16)/t9-,13-/m0/s1. The van der Waals surface area contributed by atoms with E-state index in [1.807, 2.05) is 0 Å². The smallest absolute Gasteiger partial charge is 0.315 e. The Kier molecular flexibility index (Phi) is 2.52. The van der Waals surface area contributed by atoms with Crippen LogP contribution in [-0.4, -0.2) is 17.6 Å². The maximum Gasteiger partial charge on any atom is 0.315 e. The van der Waals surface area contributed by atoms with Crippen molar-refractivity contribution in [3.63, 3.8) is 0 Å². The van der Waals surface area contributed by atoms with Crippen LogP contribution in [0.2, 0.25) is 0 Å². The molecule has 1 saturated carbocycles. The first-order valence-corrected chi connectivity index (χ1v) is 6.07. The second-order valence-electron chi connectivity index (χ2n) is 6.17. The Hall–Kier alpha value is -0.990. The van der Waals surface area contributed by atoms with Crippen molar-refractivity contribution >= 4 is 5.97 Å². The Morgan fingerprint density at radius 3 is 2.81 bits per heavy atom. The normalized spacial score (nSPS) is 36.2. The summed E-state index contributed by atoms with van der Waals surface area (Å²) in [5.74, 6) is -0.353. The fourth-order valence-electron chi connectivity index (χ4n) is 3.11. The molecule has 3 nitrogen and oxygen atoms in total. The molecule has 0 amide bonds. The largest absolute Gasteiger partial charge is 0.481 e. The highest BCUT2D eigenvalue weighted by molar-refractivity contribution is 5.80. The lowest BCUT2D eigenvalue weighted by Crippen LogP contribution is -2.34. The zero-order chi connectivity index (χ0) is 12.0. The van der Waals surface area contributed by atoms with E-state index in [1.165, 1.54) is 0 Å². The molecule has 2 fully saturated rings. The molecular formula is C13H21NO2. The van der Waals surface area contributed by atoms with E-state index < -0.39 is 11.4 Å². The van der Waals surface area contributed by atoms with Crippen LogP contribution in [0, 0.1) is 16.7 Å². The van der Waals surface area contributed by atoms with Gasteiger partial charge in [0.1, 0.15) is 5.41 Å². The molecule has 1 aliphatic heterocycles. The third-order valence-corrected chi connectivity index (χ3v) is 3.80. The lowest BCUT2D eigenvalue weighted by atomic mass is 9.76. The van der Waals surface area contributed by atoms with Gasteiger partial charge in [0.15, 0.2) is 0 Å². The fraction of sp³-hybridized carbons (Fsp3) is 0.769. The zero-order valence-electron chi connectivity index (χ0n) is 10.3. The van der Waals surface area contributed by atoms with Crippen molar-refractivity contribution < 1.29 is 9.90 Å². The number of allylic oxidation sites excluding steroid dienone is 1. The summed E-state index contributed by atoms with van der Waals surface area (Å²) in [4.78, 5) is 11.6. The molecule has 0 aromatic heterocycles. The number of carbonyl (C=O) groups is 1. The summed E-state index contributed by atoms with van der Waals surface area (Å²) in [6, 6.07) is 0. The molecule has 16 heavy (non-hydrogen) atoms. The fourth-order valence-corrected chi connectivity index (χ4v) is 3.11. The second-order valence-corrected chi connectivity index (χ2v) is 6.17. The first-order valence-electron chi connectivity index (χ1n) is 6.07. The molecule has 0 bridgehead atoms. The van der Waals surface area contributed by atoms with Gasteiger partial charge in [0.05, 0.1) is 0 Å². The van der Waals surface area contributed by atoms with E-state index in [9.17, 15) is 9.90 Å². The van der Waals surface area contributed by atoms with Gasteiger partial charge in [0.25, 0.3) is 0 Å². The highest BCUT2D eigenvalue weighted by Crippen LogP contribution is 2.52. The van der Waals surface area contributed by atoms with Crippen molar-refractivity contribution in [1.29, 1.82) is 0 Å². The number of carboxylic acid groups (broad SMARTS) is 1. The number of fused-ring (bicyclic) bond motifs is 1. The topological polar surface area (TPSA) is 49.3 Å². The zero-order valence-corrected chi connectivity index (χ0v) is 10.3. The van der Waals surface area contributed by atoms with Crippen molar-refractivity contribution in [2.45, 2.75) is 40.0 Å². The molecule has 3 heteroatoms. The lowest BCUT2D eigenvalue weighted by molar-refractivity contribution is -0.147. The maximum atomic E-state index is 11.6. The molecule has 90 valence electrons. The van der Waals surface area contributed by atoms with Crippen LogP contribution >= 0.6 is 0 Å². The molecule has 0 aromatic rings. The average molecular weight is 223 g/mol. The molecule has 0 aromatic carbocycles. The first-order chi connectivity index (χ1) is 7.36. The van der Waals surface area contributed by atoms with Gasteiger partial charge >= 0.3 is 5.97 Å². The van der Waals surface area contributed by atoms with Crippen molar-refractivity contribution in [1.82, 2.24) is 5.32 Å². The Bertz CT molecular complexity index is 340. The van der Waals surface area contributed by atoms with Crippen LogP contribution in [0.15, 0.2) is 11.8 Å². The summed E-state index contributed by atoms with van der Waals surface area (Å²) in [7, 11) is 0. The number of rotatable bonds is 1. The van der Waals surface area contributed by atoms with E-state index in [-0.39, 0.29) is 5.41 Å². The van der Waals surface area contributed by atoms with Crippen LogP contribution in [0.3, 0.4) is 0 Å². The summed E-state index contributed by atoms with van der Waals surface area (Å²) in [5, 5.41) is 12.9. The molecular weight excluding hydrogens is 202 g/mol. The summed E-state index contributed by atoms with van der Waals surface area (Å²) in [5.41, 5.74) is 0.380. The van der Waals surface area contributed by atoms with Gasteiger partial charge in [-0.25, -0.2) is 0 Å². The highest BCUT2D eigenvalue weighted by atomic mass is 16.4. The number of aliphatic carboxylic acids is 1. The quantitative estimate of drug-likeness (QED) is 0.717. The van der Waals surface area contributed by atoms with Gasteiger partial charge in [0.2, 0.25) is 0 Å². The van der Waals surface area contributed by atoms with E-state index in [0.717, 1.165) is 31.5 Å². The van der Waals surface area contributed by atoms with Crippen LogP contribution in [-0.2, 0) is 4.79 Å².